The van der Waals surface area contributed by atoms with Gasteiger partial charge in [-0.15, -0.1) is 0 Å². The summed E-state index contributed by atoms with van der Waals surface area (Å²) in [5.74, 6) is 0. The van der Waals surface area contributed by atoms with E-state index in [1.165, 1.54) is 25.0 Å². The molecule has 1 aliphatic rings. The second-order valence-corrected chi connectivity index (χ2v) is 5.20. The number of hydrogen-bond acceptors (Lipinski definition) is 2. The van der Waals surface area contributed by atoms with Crippen molar-refractivity contribution < 1.29 is 0 Å². The summed E-state index contributed by atoms with van der Waals surface area (Å²) in [6, 6.07) is 2.84. The van der Waals surface area contributed by atoms with Gasteiger partial charge in [0.05, 0.1) is 5.69 Å². The van der Waals surface area contributed by atoms with E-state index in [4.69, 9.17) is 0 Å². The number of nitrogens with zero attached hydrogens (tertiary/aromatic N) is 2. The molecule has 1 aliphatic carbocycles. The van der Waals surface area contributed by atoms with Gasteiger partial charge in [-0.1, -0.05) is 6.92 Å². The van der Waals surface area contributed by atoms with Crippen molar-refractivity contribution in [2.24, 2.45) is 12.5 Å². The van der Waals surface area contributed by atoms with Crippen LogP contribution in [0.5, 0.6) is 0 Å². The van der Waals surface area contributed by atoms with Crippen LogP contribution in [0.25, 0.3) is 0 Å². The largest absolute Gasteiger partial charge is 0.317 e. The minimum absolute atomic E-state index is 0.446. The molecule has 84 valence electrons. The molecule has 1 saturated carbocycles. The molecule has 2 unspecified atom stereocenters. The molecule has 0 bridgehead atoms. The second kappa shape index (κ2) is 3.97. The Bertz CT molecular complexity index is 331. The third-order valence-electron chi connectivity index (χ3n) is 3.62. The van der Waals surface area contributed by atoms with E-state index in [9.17, 15) is 0 Å². The Kier molecular flexibility index (Phi) is 2.83. The van der Waals surface area contributed by atoms with Gasteiger partial charge in [0.1, 0.15) is 0 Å². The monoisotopic (exact) mass is 207 g/mol. The molecule has 1 aromatic rings. The summed E-state index contributed by atoms with van der Waals surface area (Å²) in [6.45, 7) is 2.39. The van der Waals surface area contributed by atoms with Crippen LogP contribution in [0.3, 0.4) is 0 Å². The zero-order chi connectivity index (χ0) is 10.9. The molecule has 1 N–H and O–H groups in total. The predicted octanol–water partition coefficient (Wildman–Crippen LogP) is 1.74. The molecule has 2 atom stereocenters. The Morgan fingerprint density at radius 3 is 3.00 bits per heavy atom. The quantitative estimate of drug-likeness (QED) is 0.818. The van der Waals surface area contributed by atoms with Gasteiger partial charge in [0.25, 0.3) is 0 Å². The van der Waals surface area contributed by atoms with Crippen LogP contribution >= 0.6 is 0 Å². The molecule has 0 amide bonds. The van der Waals surface area contributed by atoms with Gasteiger partial charge in [-0.3, -0.25) is 4.68 Å². The van der Waals surface area contributed by atoms with Crippen molar-refractivity contribution in [2.45, 2.75) is 38.6 Å². The minimum Gasteiger partial charge on any atom is -0.317 e. The Balaban J connectivity index is 2.00. The second-order valence-electron chi connectivity index (χ2n) is 5.20. The highest BCUT2D eigenvalue weighted by molar-refractivity contribution is 5.04. The molecule has 3 nitrogen and oxygen atoms in total. The summed E-state index contributed by atoms with van der Waals surface area (Å²) in [5.41, 5.74) is 1.68. The molecular weight excluding hydrogens is 186 g/mol. The summed E-state index contributed by atoms with van der Waals surface area (Å²) in [7, 11) is 4.05. The molecule has 1 aromatic heterocycles. The summed E-state index contributed by atoms with van der Waals surface area (Å²) in [4.78, 5) is 0. The fraction of sp³-hybridized carbons (Fsp3) is 0.750. The van der Waals surface area contributed by atoms with Crippen molar-refractivity contribution in [3.63, 3.8) is 0 Å². The van der Waals surface area contributed by atoms with Crippen LogP contribution in [0.4, 0.5) is 0 Å². The summed E-state index contributed by atoms with van der Waals surface area (Å²) >= 11 is 0. The number of aryl methyl sites for hydroxylation is 1. The number of nitrogens with one attached hydrogen (secondary N) is 1. The maximum Gasteiger partial charge on any atom is 0.0629 e. The molecule has 0 aliphatic heterocycles. The molecule has 0 spiro atoms. The topological polar surface area (TPSA) is 29.9 Å². The first-order valence-electron chi connectivity index (χ1n) is 5.77. The molecule has 15 heavy (non-hydrogen) atoms. The van der Waals surface area contributed by atoms with E-state index < -0.39 is 0 Å². The molecule has 1 heterocycles. The molecule has 0 aromatic carbocycles. The van der Waals surface area contributed by atoms with Crippen LogP contribution in [-0.4, -0.2) is 22.9 Å². The van der Waals surface area contributed by atoms with Crippen LogP contribution < -0.4 is 5.32 Å². The first kappa shape index (κ1) is 10.7. The van der Waals surface area contributed by atoms with Crippen molar-refractivity contribution >= 4 is 0 Å². The first-order chi connectivity index (χ1) is 7.11. The third-order valence-corrected chi connectivity index (χ3v) is 3.62. The van der Waals surface area contributed by atoms with Crippen LogP contribution in [0.1, 0.15) is 31.9 Å². The van der Waals surface area contributed by atoms with Crippen molar-refractivity contribution in [3.05, 3.63) is 18.0 Å². The van der Waals surface area contributed by atoms with Crippen LogP contribution in [0.15, 0.2) is 12.3 Å². The molecule has 2 rings (SSSR count). The SMILES string of the molecule is CNC1CCC(C)(Cc2ccn(C)n2)C1. The van der Waals surface area contributed by atoms with Gasteiger partial charge in [0.15, 0.2) is 0 Å². The normalized spacial score (nSPS) is 31.0. The van der Waals surface area contributed by atoms with Gasteiger partial charge in [0.2, 0.25) is 0 Å². The van der Waals surface area contributed by atoms with Gasteiger partial charge < -0.3 is 5.32 Å². The van der Waals surface area contributed by atoms with Gasteiger partial charge in [-0.2, -0.15) is 5.10 Å². The highest BCUT2D eigenvalue weighted by Gasteiger charge is 2.34. The van der Waals surface area contributed by atoms with Crippen molar-refractivity contribution in [1.29, 1.82) is 0 Å². The maximum atomic E-state index is 4.47. The Labute approximate surface area is 91.9 Å². The van der Waals surface area contributed by atoms with Crippen LogP contribution in [0, 0.1) is 5.41 Å². The molecule has 3 heteroatoms. The van der Waals surface area contributed by atoms with E-state index in [1.807, 2.05) is 17.9 Å². The van der Waals surface area contributed by atoms with E-state index in [2.05, 4.69) is 30.5 Å². The highest BCUT2D eigenvalue weighted by Crippen LogP contribution is 2.40. The van der Waals surface area contributed by atoms with E-state index in [0.717, 1.165) is 6.42 Å². The van der Waals surface area contributed by atoms with Crippen LogP contribution in [0.2, 0.25) is 0 Å². The van der Waals surface area contributed by atoms with Gasteiger partial charge in [-0.25, -0.2) is 0 Å². The highest BCUT2D eigenvalue weighted by atomic mass is 15.2. The summed E-state index contributed by atoms with van der Waals surface area (Å²) in [6.07, 6.45) is 7.05. The number of aromatic nitrogens is 2. The predicted molar refractivity (Wildman–Crippen MR) is 61.7 cm³/mol. The lowest BCUT2D eigenvalue weighted by Crippen LogP contribution is -2.24. The Morgan fingerprint density at radius 1 is 1.67 bits per heavy atom. The van der Waals surface area contributed by atoms with E-state index >= 15 is 0 Å². The molecule has 0 radical (unpaired) electrons. The third kappa shape index (κ3) is 2.40. The fourth-order valence-electron chi connectivity index (χ4n) is 2.72. The zero-order valence-corrected chi connectivity index (χ0v) is 9.95. The maximum absolute atomic E-state index is 4.47. The van der Waals surface area contributed by atoms with E-state index in [-0.39, 0.29) is 0 Å². The van der Waals surface area contributed by atoms with Crippen molar-refractivity contribution in [2.75, 3.05) is 7.05 Å². The van der Waals surface area contributed by atoms with Gasteiger partial charge in [0, 0.05) is 19.3 Å². The molecule has 1 fully saturated rings. The summed E-state index contributed by atoms with van der Waals surface area (Å²) < 4.78 is 1.89. The number of rotatable bonds is 3. The Hall–Kier alpha value is -0.830. The fourth-order valence-corrected chi connectivity index (χ4v) is 2.72. The lowest BCUT2D eigenvalue weighted by molar-refractivity contribution is 0.320. The number of hydrogen-bond donors (Lipinski definition) is 1. The zero-order valence-electron chi connectivity index (χ0n) is 9.95. The van der Waals surface area contributed by atoms with Gasteiger partial charge >= 0.3 is 0 Å². The standard InChI is InChI=1S/C12H21N3/c1-12(6-4-10(8-12)13-2)9-11-5-7-15(3)14-11/h5,7,10,13H,4,6,8-9H2,1-3H3. The smallest absolute Gasteiger partial charge is 0.0629 e. The van der Waals surface area contributed by atoms with E-state index in [1.54, 1.807) is 0 Å². The lowest BCUT2D eigenvalue weighted by atomic mass is 9.83. The van der Waals surface area contributed by atoms with Gasteiger partial charge in [-0.05, 0) is 44.2 Å². The lowest BCUT2D eigenvalue weighted by Gasteiger charge is -2.22. The van der Waals surface area contributed by atoms with Crippen molar-refractivity contribution in [1.82, 2.24) is 15.1 Å². The van der Waals surface area contributed by atoms with Crippen molar-refractivity contribution in [3.8, 4) is 0 Å². The summed E-state index contributed by atoms with van der Waals surface area (Å²) in [5, 5.41) is 7.85. The molecule has 0 saturated heterocycles. The Morgan fingerprint density at radius 2 is 2.47 bits per heavy atom. The van der Waals surface area contributed by atoms with E-state index in [0.29, 0.717) is 11.5 Å². The average Bonchev–Trinajstić information content (AvgIpc) is 2.74. The van der Waals surface area contributed by atoms with Crippen LogP contribution in [-0.2, 0) is 13.5 Å². The first-order valence-corrected chi connectivity index (χ1v) is 5.77. The average molecular weight is 207 g/mol. The molecular formula is C12H21N3. The minimum atomic E-state index is 0.446.